The summed E-state index contributed by atoms with van der Waals surface area (Å²) in [5.74, 6) is -12.8. The van der Waals surface area contributed by atoms with E-state index < -0.39 is 175 Å². The lowest BCUT2D eigenvalue weighted by molar-refractivity contribution is -0.145. The van der Waals surface area contributed by atoms with E-state index in [9.17, 15) is 77.6 Å². The maximum Gasteiger partial charge on any atom is 0.305 e. The Morgan fingerprint density at radius 1 is 0.505 bits per heavy atom. The van der Waals surface area contributed by atoms with E-state index in [0.717, 1.165) is 32.5 Å². The van der Waals surface area contributed by atoms with Gasteiger partial charge in [0.2, 0.25) is 70.9 Å². The molecule has 3 saturated heterocycles. The van der Waals surface area contributed by atoms with Crippen LogP contribution in [0.3, 0.4) is 0 Å². The number of likely N-dealkylation sites (tertiary alicyclic amines) is 3. The molecule has 4 heterocycles. The Balaban J connectivity index is 0.919. The number of amides is 12. The van der Waals surface area contributed by atoms with Crippen LogP contribution in [0, 0.1) is 5.92 Å². The van der Waals surface area contributed by atoms with Crippen molar-refractivity contribution in [2.24, 2.45) is 33.8 Å². The number of aromatic amines is 1. The number of aliphatic hydroxyl groups is 2. The van der Waals surface area contributed by atoms with Crippen LogP contribution in [0.4, 0.5) is 0 Å². The van der Waals surface area contributed by atoms with Gasteiger partial charge in [-0.05, 0) is 105 Å². The van der Waals surface area contributed by atoms with Crippen LogP contribution in [-0.2, 0) is 81.6 Å². The molecule has 3 aliphatic heterocycles. The van der Waals surface area contributed by atoms with Crippen LogP contribution in [0.2, 0.25) is 0 Å². The standard InChI is InChI=1S/C74H97N17O16/c1-41(2)61(73(107)91-33-15-25-59(91)70(104)83-52(34-43-16-6-4-7-17-43)65(99)82-51(22-12-30-79-74(77)78)71(105)89-31-13-23-57(89)62(76)96)88-68(102)56(40-93)87-66(100)53(37-60(94)95)84-69(103)58-24-14-32-90(58)72(106)54(35-44-26-28-46(29-27-44)45-18-8-5-9-19-45)85-63(97)42(3)81-67(101)55(39-92)86-64(98)49(75)36-47-38-80-50-21-11-10-20-48(47)50/h4-11,16-21,26-29,38,41-42,49,51-59,61,80,92-93H,12-15,22-25,30-37,39-40,75H2,1-3H3,(H2,76,96)(H,81,101)(H,82,99)(H,83,104)(H,84,103)(H,85,97)(H,86,98)(H,87,100)(H,88,102)(H,94,95)(H4,77,78,79)/t42-,49-,51-,52-,53-,54-,55-,56-,57-,58-,59-,61-/m0/s1. The summed E-state index contributed by atoms with van der Waals surface area (Å²) in [5.41, 5.74) is 27.4. The van der Waals surface area contributed by atoms with Gasteiger partial charge in [-0.3, -0.25) is 67.3 Å². The molecule has 12 atom stereocenters. The average molecular weight is 1480 g/mol. The van der Waals surface area contributed by atoms with E-state index in [4.69, 9.17) is 22.9 Å². The zero-order valence-corrected chi connectivity index (χ0v) is 60.0. The molecule has 0 aliphatic carbocycles. The van der Waals surface area contributed by atoms with E-state index in [2.05, 4.69) is 52.5 Å². The molecular formula is C74H97N17O16. The monoisotopic (exact) mass is 1480 g/mol. The van der Waals surface area contributed by atoms with Crippen LogP contribution in [-0.4, -0.2) is 230 Å². The maximum absolute atomic E-state index is 14.9. The zero-order valence-electron chi connectivity index (χ0n) is 60.0. The summed E-state index contributed by atoms with van der Waals surface area (Å²) in [6.07, 6.45) is 2.25. The van der Waals surface area contributed by atoms with Crippen LogP contribution < -0.4 is 65.5 Å². The first-order valence-electron chi connectivity index (χ1n) is 35.8. The molecule has 574 valence electrons. The van der Waals surface area contributed by atoms with Crippen molar-refractivity contribution in [1.82, 2.24) is 62.2 Å². The number of carbonyl (C=O) groups excluding carboxylic acids is 12. The Labute approximate surface area is 617 Å². The molecule has 5 aromatic rings. The predicted molar refractivity (Wildman–Crippen MR) is 391 cm³/mol. The molecule has 33 heteroatoms. The highest BCUT2D eigenvalue weighted by molar-refractivity contribution is 6.01. The Morgan fingerprint density at radius 2 is 0.981 bits per heavy atom. The number of H-pyrrole nitrogens is 1. The number of nitrogens with one attached hydrogen (secondary N) is 9. The highest BCUT2D eigenvalue weighted by Crippen LogP contribution is 2.26. The van der Waals surface area contributed by atoms with Crippen molar-refractivity contribution in [3.05, 3.63) is 132 Å². The van der Waals surface area contributed by atoms with E-state index in [0.29, 0.717) is 30.4 Å². The van der Waals surface area contributed by atoms with Gasteiger partial charge in [-0.15, -0.1) is 0 Å². The molecule has 0 unspecified atom stereocenters. The van der Waals surface area contributed by atoms with Gasteiger partial charge in [-0.1, -0.05) is 117 Å². The minimum absolute atomic E-state index is 0.000662. The van der Waals surface area contributed by atoms with Crippen LogP contribution >= 0.6 is 0 Å². The molecule has 3 fully saturated rings. The lowest BCUT2D eigenvalue weighted by Gasteiger charge is -2.32. The third kappa shape index (κ3) is 22.1. The summed E-state index contributed by atoms with van der Waals surface area (Å²) < 4.78 is 0. The van der Waals surface area contributed by atoms with Gasteiger partial charge in [-0.25, -0.2) is 0 Å². The fraction of sp³-hybridized carbons (Fsp3) is 0.459. The van der Waals surface area contributed by atoms with Crippen LogP contribution in [0.5, 0.6) is 0 Å². The van der Waals surface area contributed by atoms with Crippen LogP contribution in [0.25, 0.3) is 22.0 Å². The van der Waals surface area contributed by atoms with E-state index >= 15 is 0 Å². The first-order valence-corrected chi connectivity index (χ1v) is 35.8. The van der Waals surface area contributed by atoms with Crippen molar-refractivity contribution in [3.8, 4) is 11.1 Å². The first kappa shape index (κ1) is 81.4. The molecule has 107 heavy (non-hydrogen) atoms. The molecule has 12 amide bonds. The second-order valence-electron chi connectivity index (χ2n) is 27.3. The Hall–Kier alpha value is -11.3. The average Bonchev–Trinajstić information content (AvgIpc) is 1.77. The Bertz CT molecular complexity index is 4020. The molecule has 3 aliphatic rings. The summed E-state index contributed by atoms with van der Waals surface area (Å²) in [4.78, 5) is 192. The molecule has 4 aromatic carbocycles. The Morgan fingerprint density at radius 3 is 1.57 bits per heavy atom. The van der Waals surface area contributed by atoms with Crippen molar-refractivity contribution < 1.29 is 77.6 Å². The summed E-state index contributed by atoms with van der Waals surface area (Å²) in [6, 6.07) is 15.8. The van der Waals surface area contributed by atoms with Crippen molar-refractivity contribution >= 4 is 93.7 Å². The van der Waals surface area contributed by atoms with Gasteiger partial charge in [0.1, 0.15) is 66.5 Å². The highest BCUT2D eigenvalue weighted by Gasteiger charge is 2.44. The third-order valence-corrected chi connectivity index (χ3v) is 19.2. The fourth-order valence-corrected chi connectivity index (χ4v) is 13.4. The van der Waals surface area contributed by atoms with E-state index in [1.165, 1.54) is 16.7 Å². The first-order chi connectivity index (χ1) is 51.2. The van der Waals surface area contributed by atoms with Crippen LogP contribution in [0.15, 0.2) is 120 Å². The number of carboxylic acids is 1. The number of benzene rings is 4. The second kappa shape index (κ2) is 38.6. The number of nitrogens with zero attached hydrogens (tertiary/aromatic N) is 4. The number of hydrogen-bond donors (Lipinski definition) is 16. The number of aromatic nitrogens is 1. The SMILES string of the molecule is CC(C)[C@H](NC(=O)[C@H](CO)NC(=O)[C@H](CC(=O)O)NC(=O)[C@@H]1CCCN1C(=O)[C@H](Cc1ccc(-c2ccccc2)cc1)NC(=O)[C@H](C)NC(=O)[C@H](CO)NC(=O)[C@@H](N)Cc1c[nH]c2ccccc12)C(=O)N1CCC[C@H]1C(=O)N[C@@H](Cc1ccccc1)C(=O)N[C@@H](CCCN=C(N)N)C(=O)N1CCC[C@H]1C(N)=O. The summed E-state index contributed by atoms with van der Waals surface area (Å²) in [5, 5.41) is 52.2. The minimum atomic E-state index is -1.94. The third-order valence-electron chi connectivity index (χ3n) is 19.2. The van der Waals surface area contributed by atoms with Crippen molar-refractivity contribution in [1.29, 1.82) is 0 Å². The van der Waals surface area contributed by atoms with E-state index in [1.807, 2.05) is 66.7 Å². The van der Waals surface area contributed by atoms with Gasteiger partial charge in [0.25, 0.3) is 0 Å². The molecule has 1 aromatic heterocycles. The maximum atomic E-state index is 14.9. The number of guanidine groups is 1. The number of carbonyl (C=O) groups is 13. The van der Waals surface area contributed by atoms with E-state index in [1.54, 1.807) is 62.5 Å². The molecule has 0 saturated carbocycles. The van der Waals surface area contributed by atoms with Crippen molar-refractivity contribution in [3.63, 3.8) is 0 Å². The highest BCUT2D eigenvalue weighted by atomic mass is 16.4. The molecule has 0 bridgehead atoms. The second-order valence-corrected chi connectivity index (χ2v) is 27.3. The molecule has 33 nitrogen and oxygen atoms in total. The minimum Gasteiger partial charge on any atom is -0.481 e. The molecular weight excluding hydrogens is 1380 g/mol. The number of carboxylic acid groups (broad SMARTS) is 1. The van der Waals surface area contributed by atoms with Crippen molar-refractivity contribution in [2.75, 3.05) is 39.4 Å². The number of aliphatic carboxylic acids is 1. The number of nitrogens with two attached hydrogens (primary N) is 4. The number of fused-ring (bicyclic) bond motifs is 1. The predicted octanol–water partition coefficient (Wildman–Crippen LogP) is -2.28. The van der Waals surface area contributed by atoms with Gasteiger partial charge in [-0.2, -0.15) is 0 Å². The number of rotatable bonds is 36. The van der Waals surface area contributed by atoms with Crippen molar-refractivity contribution in [2.45, 2.75) is 170 Å². The number of aliphatic hydroxyl groups excluding tert-OH is 2. The molecule has 0 spiro atoms. The Kier molecular flexibility index (Phi) is 29.4. The largest absolute Gasteiger partial charge is 0.481 e. The van der Waals surface area contributed by atoms with Gasteiger partial charge < -0.3 is 100 Å². The number of primary amides is 1. The topological polar surface area (TPSA) is 521 Å². The number of aliphatic imine (C=N–C) groups is 1. The van der Waals surface area contributed by atoms with Gasteiger partial charge in [0.05, 0.1) is 25.7 Å². The fourth-order valence-electron chi connectivity index (χ4n) is 13.4. The zero-order chi connectivity index (χ0) is 77.6. The smallest absolute Gasteiger partial charge is 0.305 e. The number of hydrogen-bond acceptors (Lipinski definition) is 17. The normalized spacial score (nSPS) is 18.0. The summed E-state index contributed by atoms with van der Waals surface area (Å²) in [7, 11) is 0. The van der Waals surface area contributed by atoms with Gasteiger partial charge >= 0.3 is 5.97 Å². The lowest BCUT2D eigenvalue weighted by Crippen LogP contribution is -2.62. The molecule has 20 N–H and O–H groups in total. The molecule has 0 radical (unpaired) electrons. The van der Waals surface area contributed by atoms with Crippen LogP contribution in [0.1, 0.15) is 95.2 Å². The van der Waals surface area contributed by atoms with Gasteiger partial charge in [0.15, 0.2) is 5.96 Å². The summed E-state index contributed by atoms with van der Waals surface area (Å²) in [6.45, 7) is 2.78. The van der Waals surface area contributed by atoms with E-state index in [-0.39, 0.29) is 83.5 Å². The summed E-state index contributed by atoms with van der Waals surface area (Å²) >= 11 is 0. The quantitative estimate of drug-likeness (QED) is 0.0114. The van der Waals surface area contributed by atoms with Gasteiger partial charge in [0, 0.05) is 56.1 Å². The lowest BCUT2D eigenvalue weighted by atomic mass is 9.99. The number of para-hydroxylation sites is 1. The molecule has 8 rings (SSSR count).